The molecule has 1 heterocycles. The number of carbonyl (C=O) groups excluding carboxylic acids is 2. The molecule has 8 nitrogen and oxygen atoms in total. The zero-order valence-corrected chi connectivity index (χ0v) is 23.1. The number of amides is 2. The van der Waals surface area contributed by atoms with Crippen LogP contribution in [0.2, 0.25) is 0 Å². The Morgan fingerprint density at radius 3 is 2.38 bits per heavy atom. The van der Waals surface area contributed by atoms with E-state index in [1.165, 1.54) is 16.0 Å². The van der Waals surface area contributed by atoms with Gasteiger partial charge >= 0.3 is 5.97 Å². The molecule has 210 valence electrons. The van der Waals surface area contributed by atoms with Crippen LogP contribution < -0.4 is 9.47 Å². The lowest BCUT2D eigenvalue weighted by Gasteiger charge is -2.34. The summed E-state index contributed by atoms with van der Waals surface area (Å²) in [5.74, 6) is 0.00386. The summed E-state index contributed by atoms with van der Waals surface area (Å²) in [6.07, 6.45) is 5.17. The fraction of sp³-hybridized carbons (Fsp3) is 0.516. The lowest BCUT2D eigenvalue weighted by atomic mass is 9.79. The standard InChI is InChI=1S/C31H40N2O6/c1-22-7-9-23(10-8-22)15-16-32(21-25-5-3-4-6-26(25)31(36)37)20-24-11-12-27(28(19-24)38-2)39-18-17-33-29(34)13-14-30(33)35/h7-12,19,25-26H,3-6,13-18,20-21H2,1-2H3,(H,36,37). The minimum atomic E-state index is -0.682. The molecule has 0 radical (unpaired) electrons. The van der Waals surface area contributed by atoms with E-state index in [4.69, 9.17) is 9.47 Å². The molecule has 8 heteroatoms. The van der Waals surface area contributed by atoms with Gasteiger partial charge in [-0.05, 0) is 55.4 Å². The highest BCUT2D eigenvalue weighted by molar-refractivity contribution is 6.01. The van der Waals surface area contributed by atoms with E-state index in [-0.39, 0.29) is 49.6 Å². The largest absolute Gasteiger partial charge is 0.493 e. The fourth-order valence-corrected chi connectivity index (χ4v) is 5.67. The van der Waals surface area contributed by atoms with Crippen LogP contribution in [0.5, 0.6) is 11.5 Å². The van der Waals surface area contributed by atoms with Crippen molar-refractivity contribution in [1.29, 1.82) is 0 Å². The maximum Gasteiger partial charge on any atom is 0.306 e. The highest BCUT2D eigenvalue weighted by atomic mass is 16.5. The predicted molar refractivity (Wildman–Crippen MR) is 148 cm³/mol. The van der Waals surface area contributed by atoms with Crippen molar-refractivity contribution in [2.45, 2.75) is 58.4 Å². The number of carbonyl (C=O) groups is 3. The van der Waals surface area contributed by atoms with Crippen molar-refractivity contribution in [2.75, 3.05) is 33.4 Å². The second-order valence-corrected chi connectivity index (χ2v) is 10.7. The van der Waals surface area contributed by atoms with Gasteiger partial charge in [0, 0.05) is 32.5 Å². The van der Waals surface area contributed by atoms with Crippen molar-refractivity contribution in [2.24, 2.45) is 11.8 Å². The Kier molecular flexibility index (Phi) is 9.98. The molecule has 2 amide bonds. The van der Waals surface area contributed by atoms with Crippen LogP contribution in [0.25, 0.3) is 0 Å². The van der Waals surface area contributed by atoms with Crippen molar-refractivity contribution in [1.82, 2.24) is 9.80 Å². The maximum atomic E-state index is 12.0. The summed E-state index contributed by atoms with van der Waals surface area (Å²) < 4.78 is 11.5. The Labute approximate surface area is 230 Å². The molecule has 2 aliphatic rings. The maximum absolute atomic E-state index is 12.0. The van der Waals surface area contributed by atoms with Gasteiger partial charge in [-0.2, -0.15) is 0 Å². The van der Waals surface area contributed by atoms with Crippen LogP contribution in [-0.2, 0) is 27.3 Å². The molecular formula is C31H40N2O6. The van der Waals surface area contributed by atoms with E-state index in [0.717, 1.165) is 50.8 Å². The normalized spacial score (nSPS) is 19.5. The average molecular weight is 537 g/mol. The fourth-order valence-electron chi connectivity index (χ4n) is 5.67. The van der Waals surface area contributed by atoms with Crippen molar-refractivity contribution >= 4 is 17.8 Å². The molecule has 4 rings (SSSR count). The first-order valence-corrected chi connectivity index (χ1v) is 14.0. The van der Waals surface area contributed by atoms with Gasteiger partial charge in [-0.3, -0.25) is 24.2 Å². The lowest BCUT2D eigenvalue weighted by Crippen LogP contribution is -2.38. The summed E-state index contributed by atoms with van der Waals surface area (Å²) in [6, 6.07) is 14.4. The van der Waals surface area contributed by atoms with Crippen LogP contribution in [0.1, 0.15) is 55.2 Å². The van der Waals surface area contributed by atoms with Gasteiger partial charge < -0.3 is 14.6 Å². The average Bonchev–Trinajstić information content (AvgIpc) is 3.25. The number of ether oxygens (including phenoxy) is 2. The SMILES string of the molecule is COc1cc(CN(CCc2ccc(C)cc2)CC2CCCCC2C(=O)O)ccc1OCCN1C(=O)CCC1=O. The van der Waals surface area contributed by atoms with Crippen molar-refractivity contribution in [3.05, 3.63) is 59.2 Å². The Balaban J connectivity index is 1.43. The molecule has 2 aromatic carbocycles. The molecule has 2 aromatic rings. The first-order chi connectivity index (χ1) is 18.8. The third-order valence-corrected chi connectivity index (χ3v) is 7.92. The number of hydrogen-bond donors (Lipinski definition) is 1. The van der Waals surface area contributed by atoms with Crippen molar-refractivity contribution < 1.29 is 29.0 Å². The van der Waals surface area contributed by atoms with Crippen LogP contribution in [0.4, 0.5) is 0 Å². The molecular weight excluding hydrogens is 496 g/mol. The van der Waals surface area contributed by atoms with Gasteiger partial charge in [-0.1, -0.05) is 48.7 Å². The van der Waals surface area contributed by atoms with Gasteiger partial charge in [0.1, 0.15) is 6.61 Å². The van der Waals surface area contributed by atoms with Crippen LogP contribution >= 0.6 is 0 Å². The molecule has 39 heavy (non-hydrogen) atoms. The minimum absolute atomic E-state index is 0.134. The summed E-state index contributed by atoms with van der Waals surface area (Å²) in [7, 11) is 1.59. The number of aliphatic carboxylic acids is 1. The number of imide groups is 1. The molecule has 2 unspecified atom stereocenters. The number of carboxylic acid groups (broad SMARTS) is 1. The second-order valence-electron chi connectivity index (χ2n) is 10.7. The first kappa shape index (κ1) is 28.6. The number of methoxy groups -OCH3 is 1. The third kappa shape index (κ3) is 7.82. The van der Waals surface area contributed by atoms with E-state index < -0.39 is 5.97 Å². The van der Waals surface area contributed by atoms with Crippen molar-refractivity contribution in [3.8, 4) is 11.5 Å². The third-order valence-electron chi connectivity index (χ3n) is 7.92. The molecule has 1 aliphatic carbocycles. The molecule has 1 N–H and O–H groups in total. The van der Waals surface area contributed by atoms with E-state index in [1.807, 2.05) is 18.2 Å². The minimum Gasteiger partial charge on any atom is -0.493 e. The van der Waals surface area contributed by atoms with Gasteiger partial charge in [0.15, 0.2) is 11.5 Å². The number of benzene rings is 2. The number of nitrogens with zero attached hydrogens (tertiary/aromatic N) is 2. The summed E-state index contributed by atoms with van der Waals surface area (Å²) >= 11 is 0. The zero-order valence-electron chi connectivity index (χ0n) is 23.1. The zero-order chi connectivity index (χ0) is 27.8. The van der Waals surface area contributed by atoms with Crippen LogP contribution in [-0.4, -0.2) is 66.0 Å². The molecule has 2 atom stereocenters. The monoisotopic (exact) mass is 536 g/mol. The summed E-state index contributed by atoms with van der Waals surface area (Å²) in [5, 5.41) is 9.82. The summed E-state index contributed by atoms with van der Waals surface area (Å²) in [6.45, 7) is 4.74. The van der Waals surface area contributed by atoms with E-state index in [2.05, 4.69) is 36.1 Å². The first-order valence-electron chi connectivity index (χ1n) is 14.0. The Bertz CT molecular complexity index is 1130. The van der Waals surface area contributed by atoms with Gasteiger partial charge in [0.05, 0.1) is 19.6 Å². The Morgan fingerprint density at radius 2 is 1.69 bits per heavy atom. The highest BCUT2D eigenvalue weighted by Crippen LogP contribution is 2.32. The molecule has 0 bridgehead atoms. The van der Waals surface area contributed by atoms with Crippen LogP contribution in [0, 0.1) is 18.8 Å². The van der Waals surface area contributed by atoms with E-state index in [1.54, 1.807) is 7.11 Å². The Hall–Kier alpha value is -3.39. The van der Waals surface area contributed by atoms with E-state index in [9.17, 15) is 19.5 Å². The molecule has 0 spiro atoms. The second kappa shape index (κ2) is 13.6. The van der Waals surface area contributed by atoms with Crippen LogP contribution in [0.15, 0.2) is 42.5 Å². The molecule has 0 aromatic heterocycles. The number of likely N-dealkylation sites (tertiary alicyclic amines) is 1. The number of rotatable bonds is 13. The molecule has 2 fully saturated rings. The topological polar surface area (TPSA) is 96.4 Å². The Morgan fingerprint density at radius 1 is 1.00 bits per heavy atom. The molecule has 1 aliphatic heterocycles. The number of hydrogen-bond acceptors (Lipinski definition) is 6. The quantitative estimate of drug-likeness (QED) is 0.378. The van der Waals surface area contributed by atoms with Gasteiger partial charge in [-0.15, -0.1) is 0 Å². The van der Waals surface area contributed by atoms with E-state index in [0.29, 0.717) is 18.0 Å². The number of carboxylic acids is 1. The van der Waals surface area contributed by atoms with E-state index >= 15 is 0 Å². The van der Waals surface area contributed by atoms with Gasteiger partial charge in [0.25, 0.3) is 0 Å². The van der Waals surface area contributed by atoms with Gasteiger partial charge in [0.2, 0.25) is 11.8 Å². The van der Waals surface area contributed by atoms with Crippen LogP contribution in [0.3, 0.4) is 0 Å². The number of aryl methyl sites for hydroxylation is 1. The molecule has 1 saturated carbocycles. The summed E-state index contributed by atoms with van der Waals surface area (Å²) in [5.41, 5.74) is 3.55. The smallest absolute Gasteiger partial charge is 0.306 e. The van der Waals surface area contributed by atoms with Gasteiger partial charge in [-0.25, -0.2) is 0 Å². The lowest BCUT2D eigenvalue weighted by molar-refractivity contribution is -0.145. The van der Waals surface area contributed by atoms with Crippen molar-refractivity contribution in [3.63, 3.8) is 0 Å². The predicted octanol–water partition coefficient (Wildman–Crippen LogP) is 4.47. The highest BCUT2D eigenvalue weighted by Gasteiger charge is 2.32. The summed E-state index contributed by atoms with van der Waals surface area (Å²) in [4.78, 5) is 39.3. The molecule has 1 saturated heterocycles.